The highest BCUT2D eigenvalue weighted by Crippen LogP contribution is 2.07. The van der Waals surface area contributed by atoms with Gasteiger partial charge in [0.2, 0.25) is 0 Å². The largest absolute Gasteiger partial charge is 0.384 e. The van der Waals surface area contributed by atoms with E-state index in [2.05, 4.69) is 5.32 Å². The quantitative estimate of drug-likeness (QED) is 0.565. The lowest BCUT2D eigenvalue weighted by molar-refractivity contribution is 1.34. The van der Waals surface area contributed by atoms with E-state index in [1.807, 2.05) is 66.7 Å². The zero-order valence-electron chi connectivity index (χ0n) is 10.6. The third-order valence-electron chi connectivity index (χ3n) is 2.71. The number of hydrogen-bond donors (Lipinski definition) is 3. The Morgan fingerprint density at radius 2 is 1.89 bits per heavy atom. The van der Waals surface area contributed by atoms with Gasteiger partial charge in [-0.1, -0.05) is 48.6 Å². The fourth-order valence-electron chi connectivity index (χ4n) is 1.74. The summed E-state index contributed by atoms with van der Waals surface area (Å²) in [5.74, 6) is 0.0951. The molecule has 0 saturated carbocycles. The van der Waals surface area contributed by atoms with E-state index in [9.17, 15) is 0 Å². The standard InChI is InChI=1S/C16H17N3/c17-16(18)14-8-4-6-13(12-14)7-5-11-19-15-9-2-1-3-10-15/h1-10,12,19H,11H2,(H3,17,18)/b7-5+. The van der Waals surface area contributed by atoms with Crippen LogP contribution in [0, 0.1) is 5.41 Å². The molecule has 0 bridgehead atoms. The first-order valence-electron chi connectivity index (χ1n) is 6.15. The Morgan fingerprint density at radius 1 is 1.11 bits per heavy atom. The molecule has 0 aliphatic heterocycles. The van der Waals surface area contributed by atoms with Gasteiger partial charge in [0, 0.05) is 17.8 Å². The van der Waals surface area contributed by atoms with Crippen LogP contribution in [0.3, 0.4) is 0 Å². The number of anilines is 1. The fourth-order valence-corrected chi connectivity index (χ4v) is 1.74. The van der Waals surface area contributed by atoms with Crippen LogP contribution >= 0.6 is 0 Å². The van der Waals surface area contributed by atoms with Crippen LogP contribution in [0.4, 0.5) is 5.69 Å². The van der Waals surface area contributed by atoms with Gasteiger partial charge in [-0.2, -0.15) is 0 Å². The van der Waals surface area contributed by atoms with E-state index < -0.39 is 0 Å². The van der Waals surface area contributed by atoms with Crippen LogP contribution in [0.1, 0.15) is 11.1 Å². The van der Waals surface area contributed by atoms with E-state index in [4.69, 9.17) is 11.1 Å². The molecule has 2 aromatic rings. The van der Waals surface area contributed by atoms with Gasteiger partial charge in [-0.15, -0.1) is 0 Å². The topological polar surface area (TPSA) is 61.9 Å². The normalized spacial score (nSPS) is 10.5. The highest BCUT2D eigenvalue weighted by Gasteiger charge is 1.95. The number of amidine groups is 1. The average Bonchev–Trinajstić information content (AvgIpc) is 2.45. The zero-order chi connectivity index (χ0) is 13.5. The monoisotopic (exact) mass is 251 g/mol. The molecule has 0 fully saturated rings. The minimum absolute atomic E-state index is 0.0951. The van der Waals surface area contributed by atoms with Crippen LogP contribution in [-0.2, 0) is 0 Å². The highest BCUT2D eigenvalue weighted by molar-refractivity contribution is 5.95. The van der Waals surface area contributed by atoms with Crippen molar-refractivity contribution in [3.8, 4) is 0 Å². The van der Waals surface area contributed by atoms with Crippen molar-refractivity contribution in [3.05, 3.63) is 71.8 Å². The van der Waals surface area contributed by atoms with Gasteiger partial charge in [0.1, 0.15) is 5.84 Å². The van der Waals surface area contributed by atoms with Crippen LogP contribution in [0.2, 0.25) is 0 Å². The van der Waals surface area contributed by atoms with E-state index >= 15 is 0 Å². The Hall–Kier alpha value is -2.55. The summed E-state index contributed by atoms with van der Waals surface area (Å²) in [7, 11) is 0. The van der Waals surface area contributed by atoms with Crippen LogP contribution in [0.15, 0.2) is 60.7 Å². The minimum atomic E-state index is 0.0951. The number of nitrogens with two attached hydrogens (primary N) is 1. The molecular weight excluding hydrogens is 234 g/mol. The molecule has 2 rings (SSSR count). The van der Waals surface area contributed by atoms with Gasteiger partial charge >= 0.3 is 0 Å². The first kappa shape index (κ1) is 12.9. The summed E-state index contributed by atoms with van der Waals surface area (Å²) in [5.41, 5.74) is 8.35. The Morgan fingerprint density at radius 3 is 2.63 bits per heavy atom. The average molecular weight is 251 g/mol. The lowest BCUT2D eigenvalue weighted by atomic mass is 10.1. The molecule has 96 valence electrons. The van der Waals surface area contributed by atoms with Gasteiger partial charge in [0.15, 0.2) is 0 Å². The number of nitrogen functional groups attached to an aromatic ring is 1. The van der Waals surface area contributed by atoms with Gasteiger partial charge in [0.05, 0.1) is 0 Å². The Labute approximate surface area is 113 Å². The van der Waals surface area contributed by atoms with Crippen LogP contribution in [-0.4, -0.2) is 12.4 Å². The smallest absolute Gasteiger partial charge is 0.122 e. The molecule has 0 saturated heterocycles. The van der Waals surface area contributed by atoms with Crippen molar-refractivity contribution in [3.63, 3.8) is 0 Å². The predicted molar refractivity (Wildman–Crippen MR) is 81.4 cm³/mol. The van der Waals surface area contributed by atoms with Crippen molar-refractivity contribution in [2.24, 2.45) is 5.73 Å². The van der Waals surface area contributed by atoms with Crippen molar-refractivity contribution in [2.45, 2.75) is 0 Å². The zero-order valence-corrected chi connectivity index (χ0v) is 10.6. The minimum Gasteiger partial charge on any atom is -0.384 e. The summed E-state index contributed by atoms with van der Waals surface area (Å²) < 4.78 is 0. The molecule has 0 heterocycles. The van der Waals surface area contributed by atoms with Crippen LogP contribution in [0.25, 0.3) is 6.08 Å². The second-order valence-corrected chi connectivity index (χ2v) is 4.19. The first-order valence-corrected chi connectivity index (χ1v) is 6.15. The molecule has 3 nitrogen and oxygen atoms in total. The van der Waals surface area contributed by atoms with Crippen molar-refractivity contribution >= 4 is 17.6 Å². The molecule has 0 aliphatic carbocycles. The molecule has 0 aliphatic rings. The fraction of sp³-hybridized carbons (Fsp3) is 0.0625. The van der Waals surface area contributed by atoms with Gasteiger partial charge in [-0.05, 0) is 23.8 Å². The number of hydrogen-bond acceptors (Lipinski definition) is 2. The Kier molecular flexibility index (Phi) is 4.34. The number of para-hydroxylation sites is 1. The van der Waals surface area contributed by atoms with Crippen LogP contribution in [0.5, 0.6) is 0 Å². The Balaban J connectivity index is 1.92. The summed E-state index contributed by atoms with van der Waals surface area (Å²) in [6, 6.07) is 17.7. The third-order valence-corrected chi connectivity index (χ3v) is 2.71. The number of rotatable bonds is 5. The van der Waals surface area contributed by atoms with Gasteiger partial charge in [0.25, 0.3) is 0 Å². The van der Waals surface area contributed by atoms with Crippen molar-refractivity contribution < 1.29 is 0 Å². The van der Waals surface area contributed by atoms with Crippen molar-refractivity contribution in [1.29, 1.82) is 5.41 Å². The molecule has 0 amide bonds. The maximum atomic E-state index is 7.40. The summed E-state index contributed by atoms with van der Waals surface area (Å²) in [5, 5.41) is 10.7. The molecule has 0 spiro atoms. The summed E-state index contributed by atoms with van der Waals surface area (Å²) in [6.45, 7) is 0.758. The molecular formula is C16H17N3. The molecule has 0 aromatic heterocycles. The van der Waals surface area contributed by atoms with E-state index in [0.717, 1.165) is 23.4 Å². The number of benzene rings is 2. The van der Waals surface area contributed by atoms with Gasteiger partial charge in [-0.25, -0.2) is 0 Å². The lowest BCUT2D eigenvalue weighted by Gasteiger charge is -2.02. The molecule has 0 atom stereocenters. The second kappa shape index (κ2) is 6.40. The van der Waals surface area contributed by atoms with E-state index in [0.29, 0.717) is 0 Å². The lowest BCUT2D eigenvalue weighted by Crippen LogP contribution is -2.10. The van der Waals surface area contributed by atoms with Gasteiger partial charge in [-0.3, -0.25) is 5.41 Å². The first-order chi connectivity index (χ1) is 9.25. The van der Waals surface area contributed by atoms with Crippen LogP contribution < -0.4 is 11.1 Å². The van der Waals surface area contributed by atoms with E-state index in [-0.39, 0.29) is 5.84 Å². The van der Waals surface area contributed by atoms with Gasteiger partial charge < -0.3 is 11.1 Å². The third kappa shape index (κ3) is 4.00. The molecule has 2 aromatic carbocycles. The molecule has 0 radical (unpaired) electrons. The second-order valence-electron chi connectivity index (χ2n) is 4.19. The van der Waals surface area contributed by atoms with E-state index in [1.54, 1.807) is 0 Å². The molecule has 0 unspecified atom stereocenters. The highest BCUT2D eigenvalue weighted by atomic mass is 14.8. The summed E-state index contributed by atoms with van der Waals surface area (Å²) in [4.78, 5) is 0. The molecule has 3 heteroatoms. The predicted octanol–water partition coefficient (Wildman–Crippen LogP) is 3.10. The van der Waals surface area contributed by atoms with E-state index in [1.165, 1.54) is 0 Å². The van der Waals surface area contributed by atoms with Crippen molar-refractivity contribution in [2.75, 3.05) is 11.9 Å². The number of nitrogens with one attached hydrogen (secondary N) is 2. The molecule has 4 N–H and O–H groups in total. The van der Waals surface area contributed by atoms with Crippen molar-refractivity contribution in [1.82, 2.24) is 0 Å². The SMILES string of the molecule is N=C(N)c1cccc(/C=C/CNc2ccccc2)c1. The summed E-state index contributed by atoms with van der Waals surface area (Å²) in [6.07, 6.45) is 4.06. The maximum Gasteiger partial charge on any atom is 0.122 e. The summed E-state index contributed by atoms with van der Waals surface area (Å²) >= 11 is 0. The Bertz CT molecular complexity index is 574. The maximum absolute atomic E-state index is 7.40. The molecule has 19 heavy (non-hydrogen) atoms.